The molecule has 2 aromatic carbocycles. The van der Waals surface area contributed by atoms with E-state index in [1.165, 1.54) is 19.3 Å². The summed E-state index contributed by atoms with van der Waals surface area (Å²) >= 11 is 0. The normalized spacial score (nSPS) is 14.9. The summed E-state index contributed by atoms with van der Waals surface area (Å²) < 4.78 is 1.74. The third-order valence-corrected chi connectivity index (χ3v) is 5.51. The Labute approximate surface area is 164 Å². The average Bonchev–Trinajstić information content (AvgIpc) is 2.72. The number of carbonyl (C=O) groups is 1. The average molecular weight is 375 g/mol. The van der Waals surface area contributed by atoms with Gasteiger partial charge in [0.2, 0.25) is 0 Å². The maximum Gasteiger partial charge on any atom is 0.272 e. The zero-order chi connectivity index (χ0) is 19.5. The van der Waals surface area contributed by atoms with Crippen molar-refractivity contribution in [2.24, 2.45) is 0 Å². The molecular weight excluding hydrogens is 350 g/mol. The number of amides is 1. The highest BCUT2D eigenvalue weighted by Crippen LogP contribution is 2.18. The molecule has 1 saturated carbocycles. The summed E-state index contributed by atoms with van der Waals surface area (Å²) in [5.41, 5.74) is 3.67. The molecule has 0 radical (unpaired) electrons. The lowest BCUT2D eigenvalue weighted by Crippen LogP contribution is -2.36. The highest BCUT2D eigenvalue weighted by Gasteiger charge is 2.16. The zero-order valence-corrected chi connectivity index (χ0v) is 16.1. The molecule has 0 saturated heterocycles. The molecular formula is C23H25N3O2. The van der Waals surface area contributed by atoms with Crippen molar-refractivity contribution >= 4 is 16.9 Å². The van der Waals surface area contributed by atoms with Gasteiger partial charge >= 0.3 is 0 Å². The summed E-state index contributed by atoms with van der Waals surface area (Å²) in [5, 5.41) is 3.14. The van der Waals surface area contributed by atoms with E-state index in [2.05, 4.69) is 10.3 Å². The van der Waals surface area contributed by atoms with Crippen LogP contribution in [0.25, 0.3) is 11.0 Å². The van der Waals surface area contributed by atoms with E-state index in [1.807, 2.05) is 48.5 Å². The molecule has 3 aromatic rings. The minimum absolute atomic E-state index is 0.0131. The number of aromatic nitrogens is 2. The third-order valence-electron chi connectivity index (χ3n) is 5.51. The van der Waals surface area contributed by atoms with Gasteiger partial charge in [0, 0.05) is 11.6 Å². The fourth-order valence-corrected chi connectivity index (χ4v) is 3.94. The molecule has 1 fully saturated rings. The quantitative estimate of drug-likeness (QED) is 0.754. The minimum atomic E-state index is -0.0854. The molecule has 0 unspecified atom stereocenters. The molecule has 1 aromatic heterocycles. The molecule has 5 nitrogen and oxygen atoms in total. The molecule has 0 atom stereocenters. The highest BCUT2D eigenvalue weighted by molar-refractivity contribution is 5.94. The van der Waals surface area contributed by atoms with Crippen LogP contribution in [-0.2, 0) is 6.54 Å². The SMILES string of the molecule is Cc1nc2ccccc2n(Cc2ccc(C(=O)NC3CCCCC3)cc2)c1=O. The summed E-state index contributed by atoms with van der Waals surface area (Å²) in [6.45, 7) is 2.19. The standard InChI is InChI=1S/C23H25N3O2/c1-16-23(28)26(21-10-6-5-9-20(21)24-16)15-17-11-13-18(14-12-17)22(27)25-19-7-3-2-4-8-19/h5-6,9-14,19H,2-4,7-8,15H2,1H3,(H,25,27). The Morgan fingerprint density at radius 1 is 1.07 bits per heavy atom. The topological polar surface area (TPSA) is 64.0 Å². The van der Waals surface area contributed by atoms with Crippen LogP contribution in [0.3, 0.4) is 0 Å². The molecule has 1 heterocycles. The molecule has 144 valence electrons. The Kier molecular flexibility index (Phi) is 5.24. The number of para-hydroxylation sites is 2. The Balaban J connectivity index is 1.54. The molecule has 0 spiro atoms. The van der Waals surface area contributed by atoms with Gasteiger partial charge in [0.1, 0.15) is 5.69 Å². The number of nitrogens with one attached hydrogen (secondary N) is 1. The van der Waals surface area contributed by atoms with Crippen molar-refractivity contribution in [1.82, 2.24) is 14.9 Å². The van der Waals surface area contributed by atoms with Gasteiger partial charge in [-0.15, -0.1) is 0 Å². The predicted octanol–water partition coefficient (Wildman–Crippen LogP) is 3.82. The maximum atomic E-state index is 12.6. The number of fused-ring (bicyclic) bond motifs is 1. The fourth-order valence-electron chi connectivity index (χ4n) is 3.94. The molecule has 0 bridgehead atoms. The van der Waals surface area contributed by atoms with Gasteiger partial charge < -0.3 is 9.88 Å². The van der Waals surface area contributed by atoms with E-state index in [4.69, 9.17) is 0 Å². The summed E-state index contributed by atoms with van der Waals surface area (Å²) in [5.74, 6) is -0.0131. The molecule has 0 aliphatic heterocycles. The summed E-state index contributed by atoms with van der Waals surface area (Å²) in [6.07, 6.45) is 5.79. The number of carbonyl (C=O) groups excluding carboxylic acids is 1. The minimum Gasteiger partial charge on any atom is -0.349 e. The van der Waals surface area contributed by atoms with Crippen LogP contribution in [-0.4, -0.2) is 21.5 Å². The van der Waals surface area contributed by atoms with Crippen LogP contribution in [0.2, 0.25) is 0 Å². The monoisotopic (exact) mass is 375 g/mol. The van der Waals surface area contributed by atoms with Crippen molar-refractivity contribution in [3.63, 3.8) is 0 Å². The Morgan fingerprint density at radius 2 is 1.79 bits per heavy atom. The van der Waals surface area contributed by atoms with Crippen molar-refractivity contribution in [2.75, 3.05) is 0 Å². The molecule has 1 aliphatic carbocycles. The van der Waals surface area contributed by atoms with Crippen LogP contribution in [0, 0.1) is 6.92 Å². The Hall–Kier alpha value is -2.95. The molecule has 1 amide bonds. The first kappa shape index (κ1) is 18.4. The van der Waals surface area contributed by atoms with Crippen molar-refractivity contribution in [1.29, 1.82) is 0 Å². The third kappa shape index (κ3) is 3.84. The van der Waals surface area contributed by atoms with E-state index in [-0.39, 0.29) is 11.5 Å². The molecule has 5 heteroatoms. The molecule has 1 N–H and O–H groups in total. The second-order valence-electron chi connectivity index (χ2n) is 7.58. The Morgan fingerprint density at radius 3 is 2.54 bits per heavy atom. The van der Waals surface area contributed by atoms with E-state index >= 15 is 0 Å². The van der Waals surface area contributed by atoms with Crippen LogP contribution < -0.4 is 10.9 Å². The highest BCUT2D eigenvalue weighted by atomic mass is 16.1. The van der Waals surface area contributed by atoms with Gasteiger partial charge in [0.25, 0.3) is 11.5 Å². The number of benzene rings is 2. The van der Waals surface area contributed by atoms with E-state index < -0.39 is 0 Å². The van der Waals surface area contributed by atoms with Gasteiger partial charge in [0.05, 0.1) is 17.6 Å². The summed E-state index contributed by atoms with van der Waals surface area (Å²) in [6, 6.07) is 15.5. The second kappa shape index (κ2) is 7.97. The van der Waals surface area contributed by atoms with Crippen LogP contribution >= 0.6 is 0 Å². The first-order valence-electron chi connectivity index (χ1n) is 9.98. The largest absolute Gasteiger partial charge is 0.349 e. The molecule has 1 aliphatic rings. The van der Waals surface area contributed by atoms with Crippen molar-refractivity contribution in [2.45, 2.75) is 51.6 Å². The number of nitrogens with zero attached hydrogens (tertiary/aromatic N) is 2. The van der Waals surface area contributed by atoms with Crippen LogP contribution in [0.5, 0.6) is 0 Å². The van der Waals surface area contributed by atoms with E-state index in [9.17, 15) is 9.59 Å². The van der Waals surface area contributed by atoms with Gasteiger partial charge in [-0.3, -0.25) is 9.59 Å². The van der Waals surface area contributed by atoms with Gasteiger partial charge in [-0.25, -0.2) is 4.98 Å². The summed E-state index contributed by atoms with van der Waals surface area (Å²) in [7, 11) is 0. The van der Waals surface area contributed by atoms with Crippen molar-refractivity contribution < 1.29 is 4.79 Å². The fraction of sp³-hybridized carbons (Fsp3) is 0.348. The van der Waals surface area contributed by atoms with Crippen molar-refractivity contribution in [3.05, 3.63) is 75.7 Å². The lowest BCUT2D eigenvalue weighted by molar-refractivity contribution is 0.0927. The Bertz CT molecular complexity index is 1050. The van der Waals surface area contributed by atoms with Crippen LogP contribution in [0.1, 0.15) is 53.7 Å². The van der Waals surface area contributed by atoms with Gasteiger partial charge in [0.15, 0.2) is 0 Å². The zero-order valence-electron chi connectivity index (χ0n) is 16.1. The maximum absolute atomic E-state index is 12.6. The van der Waals surface area contributed by atoms with Crippen LogP contribution in [0.4, 0.5) is 0 Å². The predicted molar refractivity (Wildman–Crippen MR) is 111 cm³/mol. The first-order chi connectivity index (χ1) is 13.6. The number of rotatable bonds is 4. The van der Waals surface area contributed by atoms with E-state index in [0.29, 0.717) is 23.8 Å². The summed E-state index contributed by atoms with van der Waals surface area (Å²) in [4.78, 5) is 29.5. The van der Waals surface area contributed by atoms with Gasteiger partial charge in [-0.1, -0.05) is 43.5 Å². The van der Waals surface area contributed by atoms with Gasteiger partial charge in [-0.05, 0) is 49.6 Å². The lowest BCUT2D eigenvalue weighted by atomic mass is 9.95. The number of hydrogen-bond donors (Lipinski definition) is 1. The van der Waals surface area contributed by atoms with E-state index in [0.717, 1.165) is 29.4 Å². The second-order valence-corrected chi connectivity index (χ2v) is 7.58. The molecule has 4 rings (SSSR count). The van der Waals surface area contributed by atoms with E-state index in [1.54, 1.807) is 11.5 Å². The smallest absolute Gasteiger partial charge is 0.272 e. The van der Waals surface area contributed by atoms with Crippen molar-refractivity contribution in [3.8, 4) is 0 Å². The van der Waals surface area contributed by atoms with Gasteiger partial charge in [-0.2, -0.15) is 0 Å². The lowest BCUT2D eigenvalue weighted by Gasteiger charge is -2.22. The first-order valence-corrected chi connectivity index (χ1v) is 9.98. The number of aryl methyl sites for hydroxylation is 1. The van der Waals surface area contributed by atoms with Crippen LogP contribution in [0.15, 0.2) is 53.3 Å². The molecule has 28 heavy (non-hydrogen) atoms. The number of hydrogen-bond acceptors (Lipinski definition) is 3.